The summed E-state index contributed by atoms with van der Waals surface area (Å²) in [5.41, 5.74) is 0.669. The molecule has 1 aromatic heterocycles. The normalized spacial score (nSPS) is 18.5. The molecule has 0 amide bonds. The number of piperidine rings is 1. The summed E-state index contributed by atoms with van der Waals surface area (Å²) in [5.74, 6) is 0. The fourth-order valence-electron chi connectivity index (χ4n) is 2.62. The van der Waals surface area contributed by atoms with Gasteiger partial charge in [-0.15, -0.1) is 11.3 Å². The molecule has 0 atom stereocenters. The maximum Gasteiger partial charge on any atom is 0.0953 e. The number of thiazole rings is 1. The van der Waals surface area contributed by atoms with Gasteiger partial charge < -0.3 is 10.0 Å². The van der Waals surface area contributed by atoms with Gasteiger partial charge in [-0.25, -0.2) is 4.98 Å². The van der Waals surface area contributed by atoms with Gasteiger partial charge in [0.2, 0.25) is 0 Å². The minimum absolute atomic E-state index is 0.580. The van der Waals surface area contributed by atoms with E-state index in [4.69, 9.17) is 0 Å². The van der Waals surface area contributed by atoms with E-state index in [-0.39, 0.29) is 0 Å². The maximum atomic E-state index is 10.6. The monoisotopic (exact) mass is 274 g/mol. The molecule has 1 fully saturated rings. The molecule has 0 radical (unpaired) electrons. The van der Waals surface area contributed by atoms with Gasteiger partial charge in [0.1, 0.15) is 0 Å². The number of hydrogen-bond acceptors (Lipinski definition) is 4. The Bertz CT molecular complexity index is 504. The second-order valence-electron chi connectivity index (χ2n) is 5.15. The second-order valence-corrected chi connectivity index (χ2v) is 6.13. The molecular formula is C15H18N2OS. The molecule has 1 aliphatic heterocycles. The third-order valence-corrected chi connectivity index (χ3v) is 4.56. The molecule has 100 valence electrons. The van der Waals surface area contributed by atoms with Crippen molar-refractivity contribution in [3.05, 3.63) is 46.9 Å². The quantitative estimate of drug-likeness (QED) is 0.935. The molecule has 0 aliphatic carbocycles. The van der Waals surface area contributed by atoms with Crippen LogP contribution in [0.3, 0.4) is 0 Å². The highest BCUT2D eigenvalue weighted by Crippen LogP contribution is 2.29. The van der Waals surface area contributed by atoms with Gasteiger partial charge in [0, 0.05) is 36.8 Å². The van der Waals surface area contributed by atoms with E-state index in [0.29, 0.717) is 6.42 Å². The van der Waals surface area contributed by atoms with E-state index in [1.807, 2.05) is 17.6 Å². The molecule has 1 saturated heterocycles. The van der Waals surface area contributed by atoms with Gasteiger partial charge in [0.05, 0.1) is 10.6 Å². The number of anilines is 1. The third kappa shape index (κ3) is 2.96. The molecule has 1 aliphatic rings. The first kappa shape index (κ1) is 12.6. The third-order valence-electron chi connectivity index (χ3n) is 3.78. The van der Waals surface area contributed by atoms with E-state index < -0.39 is 5.60 Å². The summed E-state index contributed by atoms with van der Waals surface area (Å²) >= 11 is 1.63. The first-order valence-corrected chi connectivity index (χ1v) is 7.54. The molecule has 3 rings (SSSR count). The van der Waals surface area contributed by atoms with Crippen molar-refractivity contribution in [2.24, 2.45) is 0 Å². The van der Waals surface area contributed by atoms with E-state index in [9.17, 15) is 5.11 Å². The summed E-state index contributed by atoms with van der Waals surface area (Å²) in [6.07, 6.45) is 4.11. The molecule has 19 heavy (non-hydrogen) atoms. The predicted molar refractivity (Wildman–Crippen MR) is 78.7 cm³/mol. The van der Waals surface area contributed by atoms with Gasteiger partial charge in [0.25, 0.3) is 0 Å². The van der Waals surface area contributed by atoms with Crippen molar-refractivity contribution in [3.63, 3.8) is 0 Å². The van der Waals surface area contributed by atoms with Crippen molar-refractivity contribution >= 4 is 17.0 Å². The molecule has 1 N–H and O–H groups in total. The van der Waals surface area contributed by atoms with E-state index in [1.165, 1.54) is 5.69 Å². The Morgan fingerprint density at radius 3 is 2.58 bits per heavy atom. The maximum absolute atomic E-state index is 10.6. The lowest BCUT2D eigenvalue weighted by Crippen LogP contribution is -2.45. The average Bonchev–Trinajstić information content (AvgIpc) is 2.93. The van der Waals surface area contributed by atoms with Crippen LogP contribution < -0.4 is 4.90 Å². The number of benzene rings is 1. The van der Waals surface area contributed by atoms with E-state index in [1.54, 1.807) is 11.3 Å². The zero-order valence-electron chi connectivity index (χ0n) is 10.8. The van der Waals surface area contributed by atoms with Crippen LogP contribution in [0.5, 0.6) is 0 Å². The summed E-state index contributed by atoms with van der Waals surface area (Å²) in [7, 11) is 0. The summed E-state index contributed by atoms with van der Waals surface area (Å²) in [5, 5.41) is 13.7. The minimum Gasteiger partial charge on any atom is -0.389 e. The van der Waals surface area contributed by atoms with Crippen LogP contribution in [0.4, 0.5) is 5.69 Å². The first-order valence-electron chi connectivity index (χ1n) is 6.66. The fourth-order valence-corrected chi connectivity index (χ4v) is 3.37. The number of aliphatic hydroxyl groups is 1. The predicted octanol–water partition coefficient (Wildman–Crippen LogP) is 2.72. The van der Waals surface area contributed by atoms with Gasteiger partial charge >= 0.3 is 0 Å². The summed E-state index contributed by atoms with van der Waals surface area (Å²) in [6, 6.07) is 10.4. The van der Waals surface area contributed by atoms with Crippen LogP contribution in [0.15, 0.2) is 41.9 Å². The number of nitrogens with zero attached hydrogens (tertiary/aromatic N) is 2. The highest BCUT2D eigenvalue weighted by atomic mass is 32.1. The van der Waals surface area contributed by atoms with Crippen LogP contribution in [-0.2, 0) is 6.42 Å². The highest BCUT2D eigenvalue weighted by molar-refractivity contribution is 7.09. The molecule has 2 heterocycles. The van der Waals surface area contributed by atoms with Crippen molar-refractivity contribution < 1.29 is 5.11 Å². The van der Waals surface area contributed by atoms with E-state index >= 15 is 0 Å². The van der Waals surface area contributed by atoms with Gasteiger partial charge in [-0.2, -0.15) is 0 Å². The fraction of sp³-hybridized carbons (Fsp3) is 0.400. The Morgan fingerprint density at radius 1 is 1.21 bits per heavy atom. The van der Waals surface area contributed by atoms with Crippen LogP contribution in [0.2, 0.25) is 0 Å². The van der Waals surface area contributed by atoms with Crippen LogP contribution in [0.25, 0.3) is 0 Å². The lowest BCUT2D eigenvalue weighted by molar-refractivity contribution is 0.0165. The highest BCUT2D eigenvalue weighted by Gasteiger charge is 2.33. The van der Waals surface area contributed by atoms with Crippen LogP contribution in [0.1, 0.15) is 17.8 Å². The largest absolute Gasteiger partial charge is 0.389 e. The van der Waals surface area contributed by atoms with Crippen molar-refractivity contribution in [1.29, 1.82) is 0 Å². The van der Waals surface area contributed by atoms with Gasteiger partial charge in [0.15, 0.2) is 0 Å². The van der Waals surface area contributed by atoms with E-state index in [2.05, 4.69) is 34.1 Å². The Hall–Kier alpha value is -1.39. The summed E-state index contributed by atoms with van der Waals surface area (Å²) in [4.78, 5) is 6.62. The molecule has 0 bridgehead atoms. The molecule has 1 aromatic carbocycles. The Labute approximate surface area is 117 Å². The number of aromatic nitrogens is 1. The topological polar surface area (TPSA) is 36.4 Å². The van der Waals surface area contributed by atoms with Crippen LogP contribution >= 0.6 is 11.3 Å². The van der Waals surface area contributed by atoms with Crippen molar-refractivity contribution in [1.82, 2.24) is 4.98 Å². The van der Waals surface area contributed by atoms with Crippen LogP contribution in [0, 0.1) is 0 Å². The van der Waals surface area contributed by atoms with Crippen molar-refractivity contribution in [3.8, 4) is 0 Å². The van der Waals surface area contributed by atoms with Gasteiger partial charge in [-0.3, -0.25) is 0 Å². The van der Waals surface area contributed by atoms with Gasteiger partial charge in [-0.05, 0) is 25.0 Å². The van der Waals surface area contributed by atoms with Crippen molar-refractivity contribution in [2.75, 3.05) is 18.0 Å². The Balaban J connectivity index is 1.62. The summed E-state index contributed by atoms with van der Waals surface area (Å²) < 4.78 is 0. The number of hydrogen-bond donors (Lipinski definition) is 1. The molecule has 0 unspecified atom stereocenters. The molecule has 4 heteroatoms. The lowest BCUT2D eigenvalue weighted by atomic mass is 9.88. The number of rotatable bonds is 3. The van der Waals surface area contributed by atoms with Crippen molar-refractivity contribution in [2.45, 2.75) is 24.9 Å². The first-order chi connectivity index (χ1) is 9.25. The minimum atomic E-state index is -0.580. The standard InChI is InChI=1S/C15H18N2OS/c18-15(12-14-16-8-11-19-14)6-9-17(10-7-15)13-4-2-1-3-5-13/h1-5,8,11,18H,6-7,9-10,12H2. The number of para-hydroxylation sites is 1. The smallest absolute Gasteiger partial charge is 0.0953 e. The average molecular weight is 274 g/mol. The zero-order chi connectivity index (χ0) is 13.1. The van der Waals surface area contributed by atoms with Crippen LogP contribution in [-0.4, -0.2) is 28.8 Å². The second kappa shape index (κ2) is 5.31. The molecule has 0 saturated carbocycles. The SMILES string of the molecule is OC1(Cc2nccs2)CCN(c2ccccc2)CC1. The lowest BCUT2D eigenvalue weighted by Gasteiger charge is -2.39. The van der Waals surface area contributed by atoms with E-state index in [0.717, 1.165) is 30.9 Å². The summed E-state index contributed by atoms with van der Waals surface area (Å²) in [6.45, 7) is 1.82. The molecular weight excluding hydrogens is 256 g/mol. The Morgan fingerprint density at radius 2 is 1.95 bits per heavy atom. The van der Waals surface area contributed by atoms with Gasteiger partial charge in [-0.1, -0.05) is 18.2 Å². The molecule has 0 spiro atoms. The molecule has 3 nitrogen and oxygen atoms in total. The molecule has 2 aromatic rings. The Kier molecular flexibility index (Phi) is 3.53. The zero-order valence-corrected chi connectivity index (χ0v) is 11.6.